The number of urea groups is 1. The molecule has 0 aliphatic carbocycles. The SMILES string of the molecule is O=C(Nc1cccc(-c2c(C(=O)c3ccccc3)cnc3c(C(F)(F)F)cccc23)c1)Nc1ccc(-c2ccccc2)s1. The van der Waals surface area contributed by atoms with Gasteiger partial charge in [-0.25, -0.2) is 4.79 Å². The Morgan fingerprint density at radius 3 is 2.16 bits per heavy atom. The normalized spacial score (nSPS) is 11.3. The molecule has 212 valence electrons. The fraction of sp³-hybridized carbons (Fsp3) is 0.0294. The summed E-state index contributed by atoms with van der Waals surface area (Å²) in [7, 11) is 0. The maximum atomic E-state index is 13.9. The first-order valence-corrected chi connectivity index (χ1v) is 14.0. The third-order valence-electron chi connectivity index (χ3n) is 6.79. The molecule has 0 saturated carbocycles. The van der Waals surface area contributed by atoms with Crippen LogP contribution in [-0.2, 0) is 6.18 Å². The molecular formula is C34H22F3N3O2S. The molecule has 0 radical (unpaired) electrons. The van der Waals surface area contributed by atoms with Crippen molar-refractivity contribution in [1.29, 1.82) is 0 Å². The van der Waals surface area contributed by atoms with Crippen molar-refractivity contribution in [3.05, 3.63) is 138 Å². The largest absolute Gasteiger partial charge is 0.418 e. The minimum absolute atomic E-state index is 0.145. The second-order valence-electron chi connectivity index (χ2n) is 9.63. The first-order chi connectivity index (χ1) is 20.8. The number of alkyl halides is 3. The van der Waals surface area contributed by atoms with Crippen LogP contribution in [0.2, 0.25) is 0 Å². The summed E-state index contributed by atoms with van der Waals surface area (Å²) in [6.07, 6.45) is -3.45. The number of halogens is 3. The number of thiophene rings is 1. The zero-order valence-electron chi connectivity index (χ0n) is 22.4. The standard InChI is InChI=1S/C34H22F3N3O2S/c35-34(36,37)27-16-8-15-25-30(26(20-38-31(25)27)32(41)22-11-5-2-6-12-22)23-13-7-14-24(19-23)39-33(42)40-29-18-17-28(43-29)21-9-3-1-4-10-21/h1-20H,(H2,39,40,42). The number of pyridine rings is 1. The molecule has 0 aliphatic heterocycles. The average Bonchev–Trinajstić information content (AvgIpc) is 3.48. The monoisotopic (exact) mass is 593 g/mol. The molecule has 2 N–H and O–H groups in total. The first kappa shape index (κ1) is 27.9. The molecule has 0 spiro atoms. The van der Waals surface area contributed by atoms with Gasteiger partial charge in [-0.3, -0.25) is 15.1 Å². The third-order valence-corrected chi connectivity index (χ3v) is 7.84. The van der Waals surface area contributed by atoms with Gasteiger partial charge in [-0.15, -0.1) is 11.3 Å². The summed E-state index contributed by atoms with van der Waals surface area (Å²) in [6.45, 7) is 0. The number of aromatic nitrogens is 1. The number of nitrogens with zero attached hydrogens (tertiary/aromatic N) is 1. The van der Waals surface area contributed by atoms with Crippen molar-refractivity contribution in [3.63, 3.8) is 0 Å². The van der Waals surface area contributed by atoms with Crippen LogP contribution in [0.1, 0.15) is 21.5 Å². The highest BCUT2D eigenvalue weighted by molar-refractivity contribution is 7.19. The van der Waals surface area contributed by atoms with E-state index < -0.39 is 17.8 Å². The number of anilines is 2. The van der Waals surface area contributed by atoms with Crippen molar-refractivity contribution in [2.24, 2.45) is 0 Å². The predicted octanol–water partition coefficient (Wildman–Crippen LogP) is 9.52. The van der Waals surface area contributed by atoms with Gasteiger partial charge in [0.05, 0.1) is 16.1 Å². The summed E-state index contributed by atoms with van der Waals surface area (Å²) in [6, 6.07) is 31.9. The fourth-order valence-electron chi connectivity index (χ4n) is 4.87. The molecule has 0 fully saturated rings. The second-order valence-corrected chi connectivity index (χ2v) is 10.7. The molecule has 2 heterocycles. The predicted molar refractivity (Wildman–Crippen MR) is 164 cm³/mol. The Kier molecular flexibility index (Phi) is 7.48. The van der Waals surface area contributed by atoms with E-state index in [1.807, 2.05) is 42.5 Å². The molecule has 5 nitrogen and oxygen atoms in total. The second kappa shape index (κ2) is 11.5. The van der Waals surface area contributed by atoms with Crippen LogP contribution in [0.25, 0.3) is 32.5 Å². The Hall–Kier alpha value is -5.28. The molecule has 0 unspecified atom stereocenters. The smallest absolute Gasteiger partial charge is 0.308 e. The van der Waals surface area contributed by atoms with Crippen LogP contribution >= 0.6 is 11.3 Å². The Balaban J connectivity index is 1.36. The maximum absolute atomic E-state index is 13.9. The molecular weight excluding hydrogens is 571 g/mol. The van der Waals surface area contributed by atoms with Gasteiger partial charge in [0.15, 0.2) is 5.78 Å². The molecule has 6 aromatic rings. The number of carbonyl (C=O) groups excluding carboxylic acids is 2. The van der Waals surface area contributed by atoms with Crippen LogP contribution in [0.5, 0.6) is 0 Å². The minimum atomic E-state index is -4.64. The van der Waals surface area contributed by atoms with Crippen LogP contribution in [0.3, 0.4) is 0 Å². The van der Waals surface area contributed by atoms with Crippen molar-refractivity contribution >= 4 is 44.7 Å². The quantitative estimate of drug-likeness (QED) is 0.189. The highest BCUT2D eigenvalue weighted by Gasteiger charge is 2.34. The number of carbonyl (C=O) groups is 2. The lowest BCUT2D eigenvalue weighted by molar-refractivity contribution is -0.136. The summed E-state index contributed by atoms with van der Waals surface area (Å²) in [5.41, 5.74) is 1.52. The van der Waals surface area contributed by atoms with E-state index in [9.17, 15) is 22.8 Å². The van der Waals surface area contributed by atoms with Gasteiger partial charge in [0, 0.05) is 38.8 Å². The van der Waals surface area contributed by atoms with E-state index in [0.717, 1.165) is 16.5 Å². The molecule has 9 heteroatoms. The van der Waals surface area contributed by atoms with Gasteiger partial charge < -0.3 is 5.32 Å². The zero-order chi connectivity index (χ0) is 30.0. The Morgan fingerprint density at radius 2 is 1.42 bits per heavy atom. The fourth-order valence-corrected chi connectivity index (χ4v) is 5.78. The van der Waals surface area contributed by atoms with Crippen molar-refractivity contribution < 1.29 is 22.8 Å². The number of rotatable bonds is 6. The van der Waals surface area contributed by atoms with E-state index in [-0.39, 0.29) is 22.2 Å². The Bertz CT molecular complexity index is 1960. The molecule has 0 saturated heterocycles. The van der Waals surface area contributed by atoms with E-state index in [2.05, 4.69) is 15.6 Å². The molecule has 43 heavy (non-hydrogen) atoms. The number of amides is 2. The van der Waals surface area contributed by atoms with Gasteiger partial charge in [0.25, 0.3) is 0 Å². The van der Waals surface area contributed by atoms with Crippen molar-refractivity contribution in [2.45, 2.75) is 6.18 Å². The van der Waals surface area contributed by atoms with Crippen molar-refractivity contribution in [2.75, 3.05) is 10.6 Å². The maximum Gasteiger partial charge on any atom is 0.418 e. The number of hydrogen-bond donors (Lipinski definition) is 2. The van der Waals surface area contributed by atoms with Gasteiger partial charge in [-0.2, -0.15) is 13.2 Å². The Labute approximate surface area is 248 Å². The van der Waals surface area contributed by atoms with E-state index in [0.29, 0.717) is 27.4 Å². The van der Waals surface area contributed by atoms with E-state index in [1.165, 1.54) is 29.7 Å². The van der Waals surface area contributed by atoms with E-state index >= 15 is 0 Å². The van der Waals surface area contributed by atoms with Crippen LogP contribution in [0.15, 0.2) is 121 Å². The van der Waals surface area contributed by atoms with Crippen LogP contribution < -0.4 is 10.6 Å². The number of ketones is 1. The molecule has 6 rings (SSSR count). The van der Waals surface area contributed by atoms with Crippen molar-refractivity contribution in [3.8, 4) is 21.6 Å². The number of benzene rings is 4. The lowest BCUT2D eigenvalue weighted by Crippen LogP contribution is -2.18. The van der Waals surface area contributed by atoms with Gasteiger partial charge in [-0.1, -0.05) is 84.9 Å². The molecule has 4 aromatic carbocycles. The topological polar surface area (TPSA) is 71.1 Å². The van der Waals surface area contributed by atoms with Crippen LogP contribution in [0, 0.1) is 0 Å². The van der Waals surface area contributed by atoms with Gasteiger partial charge in [-0.05, 0) is 41.5 Å². The first-order valence-electron chi connectivity index (χ1n) is 13.2. The number of fused-ring (bicyclic) bond motifs is 1. The highest BCUT2D eigenvalue weighted by atomic mass is 32.1. The molecule has 0 bridgehead atoms. The van der Waals surface area contributed by atoms with Crippen molar-refractivity contribution in [1.82, 2.24) is 4.98 Å². The zero-order valence-corrected chi connectivity index (χ0v) is 23.2. The number of para-hydroxylation sites is 1. The molecule has 0 atom stereocenters. The van der Waals surface area contributed by atoms with Crippen LogP contribution in [0.4, 0.5) is 28.7 Å². The third kappa shape index (κ3) is 5.89. The highest BCUT2D eigenvalue weighted by Crippen LogP contribution is 2.39. The van der Waals surface area contributed by atoms with Gasteiger partial charge in [0.2, 0.25) is 0 Å². The average molecular weight is 594 g/mol. The van der Waals surface area contributed by atoms with E-state index in [4.69, 9.17) is 0 Å². The Morgan fingerprint density at radius 1 is 0.721 bits per heavy atom. The lowest BCUT2D eigenvalue weighted by Gasteiger charge is -2.16. The number of nitrogens with one attached hydrogen (secondary N) is 2. The van der Waals surface area contributed by atoms with Gasteiger partial charge in [0.1, 0.15) is 0 Å². The lowest BCUT2D eigenvalue weighted by atomic mass is 9.91. The summed E-state index contributed by atoms with van der Waals surface area (Å²) in [5.74, 6) is -0.384. The van der Waals surface area contributed by atoms with Gasteiger partial charge >= 0.3 is 12.2 Å². The molecule has 2 amide bonds. The van der Waals surface area contributed by atoms with Crippen LogP contribution in [-0.4, -0.2) is 16.8 Å². The molecule has 0 aliphatic rings. The van der Waals surface area contributed by atoms with E-state index in [1.54, 1.807) is 54.6 Å². The molecule has 2 aromatic heterocycles. The summed E-state index contributed by atoms with van der Waals surface area (Å²) in [4.78, 5) is 31.6. The number of hydrogen-bond acceptors (Lipinski definition) is 4. The minimum Gasteiger partial charge on any atom is -0.308 e. The summed E-state index contributed by atoms with van der Waals surface area (Å²) >= 11 is 1.42. The summed E-state index contributed by atoms with van der Waals surface area (Å²) in [5, 5.41) is 6.43. The summed E-state index contributed by atoms with van der Waals surface area (Å²) < 4.78 is 41.7.